The van der Waals surface area contributed by atoms with Gasteiger partial charge in [0.25, 0.3) is 15.6 Å². The van der Waals surface area contributed by atoms with Gasteiger partial charge in [-0.25, -0.2) is 8.42 Å². The van der Waals surface area contributed by atoms with E-state index in [1.54, 1.807) is 36.4 Å². The van der Waals surface area contributed by atoms with Gasteiger partial charge in [0.1, 0.15) is 0 Å². The number of benzene rings is 2. The van der Waals surface area contributed by atoms with E-state index in [1.807, 2.05) is 0 Å². The lowest BCUT2D eigenvalue weighted by Gasteiger charge is -2.08. The van der Waals surface area contributed by atoms with E-state index >= 15 is 0 Å². The van der Waals surface area contributed by atoms with Crippen molar-refractivity contribution in [2.45, 2.75) is 17.4 Å². The van der Waals surface area contributed by atoms with Gasteiger partial charge in [0.15, 0.2) is 0 Å². The van der Waals surface area contributed by atoms with E-state index < -0.39 is 33.2 Å². The fourth-order valence-corrected chi connectivity index (χ4v) is 3.26. The molecule has 7 heteroatoms. The van der Waals surface area contributed by atoms with Crippen molar-refractivity contribution >= 4 is 20.7 Å². The summed E-state index contributed by atoms with van der Waals surface area (Å²) >= 11 is 0. The number of sulfone groups is 1. The van der Waals surface area contributed by atoms with Crippen molar-refractivity contribution in [2.75, 3.05) is 0 Å². The van der Waals surface area contributed by atoms with Crippen molar-refractivity contribution in [3.63, 3.8) is 0 Å². The quantitative estimate of drug-likeness (QED) is 0.390. The summed E-state index contributed by atoms with van der Waals surface area (Å²) in [6.07, 6.45) is -1.69. The third-order valence-corrected chi connectivity index (χ3v) is 4.91. The molecule has 2 rings (SSSR count). The molecule has 1 atom stereocenters. The number of carbonyl (C=O) groups is 1. The number of aliphatic hydroxyl groups excluding tert-OH is 1. The van der Waals surface area contributed by atoms with Crippen LogP contribution in [0.2, 0.25) is 0 Å². The zero-order valence-corrected chi connectivity index (χ0v) is 12.8. The lowest BCUT2D eigenvalue weighted by Crippen LogP contribution is -2.27. The van der Waals surface area contributed by atoms with Crippen LogP contribution < -0.4 is 0 Å². The summed E-state index contributed by atoms with van der Waals surface area (Å²) in [7, 11) is -4.24. The molecule has 0 saturated heterocycles. The molecule has 0 radical (unpaired) electrons. The minimum Gasteiger partial charge on any atom is -0.388 e. The van der Waals surface area contributed by atoms with Crippen molar-refractivity contribution in [1.29, 1.82) is 0 Å². The lowest BCUT2D eigenvalue weighted by atomic mass is 10.0. The molecule has 0 saturated carbocycles. The van der Waals surface area contributed by atoms with Gasteiger partial charge < -0.3 is 10.6 Å². The highest BCUT2D eigenvalue weighted by Gasteiger charge is 2.38. The maximum Gasteiger partial charge on any atom is 0.452 e. The monoisotopic (exact) mass is 330 g/mol. The first-order chi connectivity index (χ1) is 11.0. The Bertz CT molecular complexity index is 842. The average molecular weight is 330 g/mol. The van der Waals surface area contributed by atoms with Gasteiger partial charge in [-0.15, -0.1) is 4.79 Å². The maximum atomic E-state index is 12.3. The van der Waals surface area contributed by atoms with Gasteiger partial charge >= 0.3 is 5.04 Å². The Labute approximate surface area is 133 Å². The Morgan fingerprint density at radius 3 is 2.09 bits per heavy atom. The number of rotatable bonds is 5. The Morgan fingerprint density at radius 2 is 1.57 bits per heavy atom. The van der Waals surface area contributed by atoms with Crippen molar-refractivity contribution < 1.29 is 23.1 Å². The summed E-state index contributed by atoms with van der Waals surface area (Å²) in [5, 5.41) is 9.03. The van der Waals surface area contributed by atoms with Gasteiger partial charge in [-0.1, -0.05) is 48.5 Å². The molecule has 0 aromatic heterocycles. The highest BCUT2D eigenvalue weighted by molar-refractivity contribution is 8.08. The van der Waals surface area contributed by atoms with E-state index in [1.165, 1.54) is 24.3 Å². The molecule has 118 valence electrons. The van der Waals surface area contributed by atoms with Crippen molar-refractivity contribution in [3.8, 4) is 0 Å². The number of Topliss-reactive ketones (excluding diaryl/α,β-unsaturated/α-hetero) is 1. The van der Waals surface area contributed by atoms with Crippen LogP contribution in [0, 0.1) is 0 Å². The lowest BCUT2D eigenvalue weighted by molar-refractivity contribution is -0.118. The topological polar surface area (TPSA) is 108 Å². The highest BCUT2D eigenvalue weighted by Crippen LogP contribution is 2.19. The first kappa shape index (κ1) is 16.8. The van der Waals surface area contributed by atoms with Crippen LogP contribution in [-0.2, 0) is 14.6 Å². The predicted molar refractivity (Wildman–Crippen MR) is 83.3 cm³/mol. The second kappa shape index (κ2) is 7.11. The third-order valence-electron chi connectivity index (χ3n) is 3.20. The van der Waals surface area contributed by atoms with Crippen molar-refractivity contribution in [3.05, 3.63) is 71.8 Å². The number of hydrogen-bond donors (Lipinski definition) is 1. The molecule has 0 heterocycles. The first-order valence-electron chi connectivity index (χ1n) is 6.75. The van der Waals surface area contributed by atoms with E-state index in [4.69, 9.17) is 5.53 Å². The van der Waals surface area contributed by atoms with Crippen molar-refractivity contribution in [2.24, 2.45) is 0 Å². The smallest absolute Gasteiger partial charge is 0.388 e. The Morgan fingerprint density at radius 1 is 1.04 bits per heavy atom. The SMILES string of the molecule is [N-]=[N+]=C(C(=O)CC(O)c1ccccc1)S(=O)(=O)c1ccccc1. The number of carbonyl (C=O) groups excluding carboxylic acids is 1. The summed E-state index contributed by atoms with van der Waals surface area (Å²) in [6, 6.07) is 15.5. The van der Waals surface area contributed by atoms with Gasteiger partial charge in [0.05, 0.1) is 11.0 Å². The van der Waals surface area contributed by atoms with Crippen LogP contribution in [-0.4, -0.2) is 29.1 Å². The number of nitrogens with zero attached hydrogens (tertiary/aromatic N) is 2. The Balaban J connectivity index is 2.25. The van der Waals surface area contributed by atoms with Crippen LogP contribution in [0.25, 0.3) is 5.53 Å². The molecule has 1 N–H and O–H groups in total. The van der Waals surface area contributed by atoms with Gasteiger partial charge in [-0.2, -0.15) is 0 Å². The Hall–Kier alpha value is -2.60. The van der Waals surface area contributed by atoms with Gasteiger partial charge in [0, 0.05) is 6.42 Å². The molecule has 0 amide bonds. The van der Waals surface area contributed by atoms with E-state index in [0.29, 0.717) is 5.56 Å². The van der Waals surface area contributed by atoms with E-state index in [-0.39, 0.29) is 4.90 Å². The fourth-order valence-electron chi connectivity index (χ4n) is 2.03. The molecule has 0 aliphatic heterocycles. The standard InChI is InChI=1S/C16H14N2O4S/c17-18-16(23(21,22)13-9-5-2-6-10-13)15(20)11-14(19)12-7-3-1-4-8-12/h1-10,14,19H,11H2. The first-order valence-corrected chi connectivity index (χ1v) is 8.23. The summed E-state index contributed by atoms with van der Waals surface area (Å²) in [5.74, 6) is -0.965. The van der Waals surface area contributed by atoms with Crippen LogP contribution in [0.15, 0.2) is 65.6 Å². The molecule has 0 aliphatic rings. The minimum atomic E-state index is -4.24. The Kier molecular flexibility index (Phi) is 5.18. The summed E-state index contributed by atoms with van der Waals surface area (Å²) in [6.45, 7) is 0. The van der Waals surface area contributed by atoms with Gasteiger partial charge in [-0.05, 0) is 17.7 Å². The number of hydrogen-bond acceptors (Lipinski definition) is 4. The number of aliphatic hydroxyl groups is 1. The van der Waals surface area contributed by atoms with Crippen LogP contribution >= 0.6 is 0 Å². The maximum absolute atomic E-state index is 12.3. The molecule has 0 spiro atoms. The summed E-state index contributed by atoms with van der Waals surface area (Å²) < 4.78 is 24.7. The van der Waals surface area contributed by atoms with Crippen LogP contribution in [0.5, 0.6) is 0 Å². The number of ketones is 1. The van der Waals surface area contributed by atoms with Crippen LogP contribution in [0.4, 0.5) is 0 Å². The van der Waals surface area contributed by atoms with E-state index in [2.05, 4.69) is 4.79 Å². The van der Waals surface area contributed by atoms with E-state index in [9.17, 15) is 18.3 Å². The van der Waals surface area contributed by atoms with Gasteiger partial charge in [-0.3, -0.25) is 4.79 Å². The molecule has 2 aromatic carbocycles. The molecule has 0 fully saturated rings. The predicted octanol–water partition coefficient (Wildman–Crippen LogP) is 1.78. The largest absolute Gasteiger partial charge is 0.452 e. The molecule has 0 aliphatic carbocycles. The van der Waals surface area contributed by atoms with E-state index in [0.717, 1.165) is 0 Å². The molecule has 0 bridgehead atoms. The molecule has 2 aromatic rings. The molecular formula is C16H14N2O4S. The third kappa shape index (κ3) is 3.78. The van der Waals surface area contributed by atoms with Crippen molar-refractivity contribution in [1.82, 2.24) is 0 Å². The molecular weight excluding hydrogens is 316 g/mol. The second-order valence-corrected chi connectivity index (χ2v) is 6.64. The van der Waals surface area contributed by atoms with Gasteiger partial charge in [0.2, 0.25) is 0 Å². The van der Waals surface area contributed by atoms with Crippen LogP contribution in [0.1, 0.15) is 18.1 Å². The average Bonchev–Trinajstić information content (AvgIpc) is 2.56. The zero-order valence-electron chi connectivity index (χ0n) is 12.0. The minimum absolute atomic E-state index is 0.157. The highest BCUT2D eigenvalue weighted by atomic mass is 32.2. The summed E-state index contributed by atoms with van der Waals surface area (Å²) in [4.78, 5) is 14.6. The normalized spacial score (nSPS) is 12.2. The fraction of sp³-hybridized carbons (Fsp3) is 0.125. The molecule has 23 heavy (non-hydrogen) atoms. The summed E-state index contributed by atoms with van der Waals surface area (Å²) in [5.41, 5.74) is 9.45. The second-order valence-electron chi connectivity index (χ2n) is 4.78. The molecule has 6 nitrogen and oxygen atoms in total. The van der Waals surface area contributed by atoms with Crippen LogP contribution in [0.3, 0.4) is 0 Å². The molecule has 1 unspecified atom stereocenters. The zero-order chi connectivity index (χ0) is 16.9.